The van der Waals surface area contributed by atoms with Gasteiger partial charge in [0.25, 0.3) is 5.91 Å². The van der Waals surface area contributed by atoms with E-state index in [9.17, 15) is 4.79 Å². The van der Waals surface area contributed by atoms with E-state index >= 15 is 0 Å². The zero-order valence-electron chi connectivity index (χ0n) is 11.7. The van der Waals surface area contributed by atoms with Gasteiger partial charge in [-0.2, -0.15) is 0 Å². The lowest BCUT2D eigenvalue weighted by molar-refractivity contribution is 0.0891. The topological polar surface area (TPSA) is 89.3 Å². The number of hydrogen-bond donors (Lipinski definition) is 3. The van der Waals surface area contributed by atoms with Crippen LogP contribution >= 0.6 is 0 Å². The standard InChI is InChI=1S/C13H22N4O2/c1-4-5-11(8-19-3)16-13(18)10-6-9(2)15-12(7-10)17-14/h6-7,11H,4-5,8,14H2,1-3H3,(H,15,17)(H,16,18). The Bertz CT molecular complexity index is 417. The lowest BCUT2D eigenvalue weighted by atomic mass is 10.1. The maximum Gasteiger partial charge on any atom is 0.251 e. The number of anilines is 1. The van der Waals surface area contributed by atoms with Crippen LogP contribution in [0.3, 0.4) is 0 Å². The number of carbonyl (C=O) groups is 1. The second-order valence-corrected chi connectivity index (χ2v) is 4.44. The van der Waals surface area contributed by atoms with E-state index in [4.69, 9.17) is 10.6 Å². The summed E-state index contributed by atoms with van der Waals surface area (Å²) in [6.07, 6.45) is 1.87. The van der Waals surface area contributed by atoms with Crippen LogP contribution in [0.15, 0.2) is 12.1 Å². The highest BCUT2D eigenvalue weighted by Crippen LogP contribution is 2.10. The zero-order valence-corrected chi connectivity index (χ0v) is 11.7. The Hall–Kier alpha value is -1.66. The summed E-state index contributed by atoms with van der Waals surface area (Å²) in [5.41, 5.74) is 3.73. The molecule has 4 N–H and O–H groups in total. The Morgan fingerprint density at radius 1 is 1.53 bits per heavy atom. The summed E-state index contributed by atoms with van der Waals surface area (Å²) in [6, 6.07) is 3.37. The lowest BCUT2D eigenvalue weighted by Gasteiger charge is -2.17. The van der Waals surface area contributed by atoms with Crippen molar-refractivity contribution < 1.29 is 9.53 Å². The van der Waals surface area contributed by atoms with Crippen LogP contribution in [-0.4, -0.2) is 30.6 Å². The molecule has 1 atom stereocenters. The summed E-state index contributed by atoms with van der Waals surface area (Å²) >= 11 is 0. The van der Waals surface area contributed by atoms with Crippen LogP contribution in [0.1, 0.15) is 35.8 Å². The minimum absolute atomic E-state index is 0.0188. The van der Waals surface area contributed by atoms with Gasteiger partial charge in [-0.25, -0.2) is 10.8 Å². The first-order valence-electron chi connectivity index (χ1n) is 6.35. The third kappa shape index (κ3) is 4.84. The molecule has 1 aromatic heterocycles. The van der Waals surface area contributed by atoms with Crippen LogP contribution in [0.4, 0.5) is 5.82 Å². The number of hydrazine groups is 1. The fourth-order valence-corrected chi connectivity index (χ4v) is 1.89. The minimum atomic E-state index is -0.141. The van der Waals surface area contributed by atoms with Gasteiger partial charge in [-0.1, -0.05) is 13.3 Å². The number of amides is 1. The van der Waals surface area contributed by atoms with Crippen LogP contribution in [0, 0.1) is 6.92 Å². The highest BCUT2D eigenvalue weighted by atomic mass is 16.5. The first-order valence-corrected chi connectivity index (χ1v) is 6.35. The van der Waals surface area contributed by atoms with Gasteiger partial charge in [-0.15, -0.1) is 0 Å². The normalized spacial score (nSPS) is 12.0. The predicted molar refractivity (Wildman–Crippen MR) is 74.8 cm³/mol. The van der Waals surface area contributed by atoms with Crippen molar-refractivity contribution >= 4 is 11.7 Å². The monoisotopic (exact) mass is 266 g/mol. The second kappa shape index (κ2) is 7.70. The number of carbonyl (C=O) groups excluding carboxylic acids is 1. The second-order valence-electron chi connectivity index (χ2n) is 4.44. The highest BCUT2D eigenvalue weighted by molar-refractivity contribution is 5.95. The third-order valence-electron chi connectivity index (χ3n) is 2.70. The van der Waals surface area contributed by atoms with Gasteiger partial charge in [-0.3, -0.25) is 4.79 Å². The van der Waals surface area contributed by atoms with Crippen molar-refractivity contribution in [2.45, 2.75) is 32.7 Å². The number of nitrogens with two attached hydrogens (primary N) is 1. The van der Waals surface area contributed by atoms with Gasteiger partial charge >= 0.3 is 0 Å². The van der Waals surface area contributed by atoms with Crippen molar-refractivity contribution in [3.8, 4) is 0 Å². The molecule has 19 heavy (non-hydrogen) atoms. The molecular formula is C13H22N4O2. The lowest BCUT2D eigenvalue weighted by Crippen LogP contribution is -2.38. The van der Waals surface area contributed by atoms with E-state index < -0.39 is 0 Å². The molecular weight excluding hydrogens is 244 g/mol. The van der Waals surface area contributed by atoms with Crippen molar-refractivity contribution in [1.82, 2.24) is 10.3 Å². The van der Waals surface area contributed by atoms with Gasteiger partial charge in [0.1, 0.15) is 5.82 Å². The summed E-state index contributed by atoms with van der Waals surface area (Å²) in [4.78, 5) is 16.3. The molecule has 0 saturated carbocycles. The molecule has 6 heteroatoms. The molecule has 1 unspecified atom stereocenters. The van der Waals surface area contributed by atoms with Gasteiger partial charge in [0, 0.05) is 18.4 Å². The summed E-state index contributed by atoms with van der Waals surface area (Å²) in [5.74, 6) is 5.65. The third-order valence-corrected chi connectivity index (χ3v) is 2.70. The molecule has 1 rings (SSSR count). The molecule has 6 nitrogen and oxygen atoms in total. The van der Waals surface area contributed by atoms with Crippen molar-refractivity contribution in [3.05, 3.63) is 23.4 Å². The van der Waals surface area contributed by atoms with E-state index in [2.05, 4.69) is 22.7 Å². The Morgan fingerprint density at radius 2 is 2.26 bits per heavy atom. The number of nitrogens with one attached hydrogen (secondary N) is 2. The number of nitrogens with zero attached hydrogens (tertiary/aromatic N) is 1. The average Bonchev–Trinajstić information content (AvgIpc) is 2.38. The molecule has 0 aromatic carbocycles. The molecule has 0 aliphatic heterocycles. The molecule has 0 fully saturated rings. The van der Waals surface area contributed by atoms with Gasteiger partial charge in [0.2, 0.25) is 0 Å². The van der Waals surface area contributed by atoms with Crippen molar-refractivity contribution in [3.63, 3.8) is 0 Å². The largest absolute Gasteiger partial charge is 0.383 e. The number of nitrogen functional groups attached to an aromatic ring is 1. The minimum Gasteiger partial charge on any atom is -0.383 e. The summed E-state index contributed by atoms with van der Waals surface area (Å²) in [7, 11) is 1.63. The van der Waals surface area contributed by atoms with Crippen LogP contribution in [-0.2, 0) is 4.74 Å². The molecule has 1 heterocycles. The van der Waals surface area contributed by atoms with Gasteiger partial charge < -0.3 is 15.5 Å². The van der Waals surface area contributed by atoms with E-state index in [1.807, 2.05) is 6.92 Å². The fraction of sp³-hybridized carbons (Fsp3) is 0.538. The van der Waals surface area contributed by atoms with Crippen molar-refractivity contribution in [2.24, 2.45) is 5.84 Å². The number of ether oxygens (including phenoxy) is 1. The van der Waals surface area contributed by atoms with E-state index in [0.717, 1.165) is 18.5 Å². The number of hydrogen-bond acceptors (Lipinski definition) is 5. The van der Waals surface area contributed by atoms with E-state index in [1.54, 1.807) is 19.2 Å². The Balaban J connectivity index is 2.78. The first kappa shape index (κ1) is 15.4. The number of pyridine rings is 1. The van der Waals surface area contributed by atoms with E-state index in [1.165, 1.54) is 0 Å². The molecule has 0 aliphatic carbocycles. The Kier molecular flexibility index (Phi) is 6.24. The van der Waals surface area contributed by atoms with Crippen LogP contribution < -0.4 is 16.6 Å². The zero-order chi connectivity index (χ0) is 14.3. The number of methoxy groups -OCH3 is 1. The van der Waals surface area contributed by atoms with Gasteiger partial charge in [0.05, 0.1) is 12.6 Å². The first-order chi connectivity index (χ1) is 9.10. The Labute approximate surface area is 113 Å². The molecule has 0 aliphatic rings. The predicted octanol–water partition coefficient (Wildman–Crippen LogP) is 1.22. The number of aromatic nitrogens is 1. The molecule has 1 aromatic rings. The smallest absolute Gasteiger partial charge is 0.251 e. The van der Waals surface area contributed by atoms with E-state index in [0.29, 0.717) is 18.0 Å². The van der Waals surface area contributed by atoms with Crippen molar-refractivity contribution in [2.75, 3.05) is 19.1 Å². The quantitative estimate of drug-likeness (QED) is 0.510. The van der Waals surface area contributed by atoms with E-state index in [-0.39, 0.29) is 11.9 Å². The molecule has 0 bridgehead atoms. The van der Waals surface area contributed by atoms with Gasteiger partial charge in [0.15, 0.2) is 0 Å². The number of rotatable bonds is 7. The molecule has 0 saturated heterocycles. The van der Waals surface area contributed by atoms with Crippen molar-refractivity contribution in [1.29, 1.82) is 0 Å². The maximum absolute atomic E-state index is 12.2. The summed E-state index contributed by atoms with van der Waals surface area (Å²) < 4.78 is 5.10. The average molecular weight is 266 g/mol. The van der Waals surface area contributed by atoms with Crippen LogP contribution in [0.5, 0.6) is 0 Å². The molecule has 106 valence electrons. The molecule has 0 radical (unpaired) electrons. The van der Waals surface area contributed by atoms with Gasteiger partial charge in [-0.05, 0) is 25.5 Å². The number of aryl methyl sites for hydroxylation is 1. The van der Waals surface area contributed by atoms with Crippen LogP contribution in [0.25, 0.3) is 0 Å². The fourth-order valence-electron chi connectivity index (χ4n) is 1.89. The SMILES string of the molecule is CCCC(COC)NC(=O)c1cc(C)nc(NN)c1. The summed E-state index contributed by atoms with van der Waals surface area (Å²) in [5, 5.41) is 2.95. The Morgan fingerprint density at radius 3 is 2.84 bits per heavy atom. The molecule has 1 amide bonds. The van der Waals surface area contributed by atoms with Crippen LogP contribution in [0.2, 0.25) is 0 Å². The highest BCUT2D eigenvalue weighted by Gasteiger charge is 2.14. The summed E-state index contributed by atoms with van der Waals surface area (Å²) in [6.45, 7) is 4.39. The molecule has 0 spiro atoms. The maximum atomic E-state index is 12.2.